The Morgan fingerprint density at radius 3 is 2.88 bits per heavy atom. The van der Waals surface area contributed by atoms with Crippen LogP contribution >= 0.6 is 0 Å². The fourth-order valence-corrected chi connectivity index (χ4v) is 2.54. The minimum Gasteiger partial charge on any atom is -0.497 e. The average molecular weight is 346 g/mol. The molecule has 0 saturated carbocycles. The first kappa shape index (κ1) is 17.2. The van der Waals surface area contributed by atoms with Crippen LogP contribution in [0, 0.1) is 0 Å². The summed E-state index contributed by atoms with van der Waals surface area (Å²) in [6, 6.07) is 7.27. The van der Waals surface area contributed by atoms with Crippen molar-refractivity contribution in [1.29, 1.82) is 0 Å². The number of nitrogens with zero attached hydrogens (tertiary/aromatic N) is 2. The van der Waals surface area contributed by atoms with Crippen LogP contribution < -0.4 is 14.8 Å². The van der Waals surface area contributed by atoms with Crippen LogP contribution in [0.4, 0.5) is 0 Å². The summed E-state index contributed by atoms with van der Waals surface area (Å²) in [5.74, 6) is 2.37. The molecule has 1 amide bonds. The number of methoxy groups -OCH3 is 1. The van der Waals surface area contributed by atoms with Crippen molar-refractivity contribution in [2.24, 2.45) is 0 Å². The number of benzene rings is 1. The third kappa shape index (κ3) is 5.18. The molecule has 1 aliphatic rings. The van der Waals surface area contributed by atoms with E-state index in [1.807, 2.05) is 24.3 Å². The van der Waals surface area contributed by atoms with E-state index in [-0.39, 0.29) is 25.0 Å². The third-order valence-electron chi connectivity index (χ3n) is 3.88. The van der Waals surface area contributed by atoms with Crippen LogP contribution in [0.25, 0.3) is 0 Å². The van der Waals surface area contributed by atoms with Gasteiger partial charge in [0.1, 0.15) is 18.1 Å². The normalized spacial score (nSPS) is 16.6. The lowest BCUT2D eigenvalue weighted by molar-refractivity contribution is -0.121. The van der Waals surface area contributed by atoms with Gasteiger partial charge in [0.2, 0.25) is 5.91 Å². The zero-order valence-electron chi connectivity index (χ0n) is 14.2. The van der Waals surface area contributed by atoms with Gasteiger partial charge in [-0.05, 0) is 37.1 Å². The predicted molar refractivity (Wildman–Crippen MR) is 89.4 cm³/mol. The van der Waals surface area contributed by atoms with Crippen LogP contribution in [-0.2, 0) is 22.6 Å². The van der Waals surface area contributed by atoms with Gasteiger partial charge in [0, 0.05) is 13.2 Å². The van der Waals surface area contributed by atoms with E-state index in [1.54, 1.807) is 7.11 Å². The van der Waals surface area contributed by atoms with Crippen molar-refractivity contribution in [2.45, 2.75) is 32.0 Å². The molecule has 1 aromatic carbocycles. The Morgan fingerprint density at radius 2 is 2.16 bits per heavy atom. The SMILES string of the molecule is COc1ccc(OCc2nc(CC(=O)NCC3CCCO3)n[nH]2)cc1. The van der Waals surface area contributed by atoms with Crippen molar-refractivity contribution in [2.75, 3.05) is 20.3 Å². The molecule has 0 spiro atoms. The summed E-state index contributed by atoms with van der Waals surface area (Å²) in [4.78, 5) is 16.2. The zero-order chi connectivity index (χ0) is 17.5. The van der Waals surface area contributed by atoms with Gasteiger partial charge in [-0.25, -0.2) is 4.98 Å². The quantitative estimate of drug-likeness (QED) is 0.746. The Labute approximate surface area is 145 Å². The van der Waals surface area contributed by atoms with Gasteiger partial charge in [0.25, 0.3) is 0 Å². The smallest absolute Gasteiger partial charge is 0.227 e. The molecular formula is C17H22N4O4. The highest BCUT2D eigenvalue weighted by Crippen LogP contribution is 2.17. The van der Waals surface area contributed by atoms with E-state index in [4.69, 9.17) is 14.2 Å². The molecule has 1 atom stereocenters. The molecule has 1 unspecified atom stereocenters. The Kier molecular flexibility index (Phi) is 5.84. The van der Waals surface area contributed by atoms with Crippen LogP contribution in [-0.4, -0.2) is 47.5 Å². The molecule has 0 aliphatic carbocycles. The summed E-state index contributed by atoms with van der Waals surface area (Å²) in [5.41, 5.74) is 0. The Bertz CT molecular complexity index is 680. The molecule has 0 bridgehead atoms. The summed E-state index contributed by atoms with van der Waals surface area (Å²) in [6.45, 7) is 1.56. The summed E-state index contributed by atoms with van der Waals surface area (Å²) >= 11 is 0. The number of aromatic nitrogens is 3. The van der Waals surface area contributed by atoms with Crippen molar-refractivity contribution < 1.29 is 19.0 Å². The number of rotatable bonds is 8. The molecule has 2 N–H and O–H groups in total. The van der Waals surface area contributed by atoms with Crippen molar-refractivity contribution in [3.05, 3.63) is 35.9 Å². The van der Waals surface area contributed by atoms with Crippen LogP contribution in [0.15, 0.2) is 24.3 Å². The first-order valence-electron chi connectivity index (χ1n) is 8.28. The molecule has 1 aliphatic heterocycles. The molecule has 1 fully saturated rings. The maximum atomic E-state index is 11.9. The molecule has 0 radical (unpaired) electrons. The number of H-pyrrole nitrogens is 1. The maximum Gasteiger partial charge on any atom is 0.227 e. The van der Waals surface area contributed by atoms with Crippen LogP contribution in [0.1, 0.15) is 24.5 Å². The molecular weight excluding hydrogens is 324 g/mol. The number of nitrogens with one attached hydrogen (secondary N) is 2. The topological polar surface area (TPSA) is 98.4 Å². The van der Waals surface area contributed by atoms with Crippen LogP contribution in [0.2, 0.25) is 0 Å². The minimum absolute atomic E-state index is 0.114. The third-order valence-corrected chi connectivity index (χ3v) is 3.88. The summed E-state index contributed by atoms with van der Waals surface area (Å²) < 4.78 is 16.2. The molecule has 2 aromatic rings. The molecule has 134 valence electrons. The highest BCUT2D eigenvalue weighted by atomic mass is 16.5. The number of amides is 1. The number of hydrogen-bond donors (Lipinski definition) is 2. The van der Waals surface area contributed by atoms with Gasteiger partial charge in [-0.15, -0.1) is 0 Å². The van der Waals surface area contributed by atoms with Gasteiger partial charge < -0.3 is 19.5 Å². The fourth-order valence-electron chi connectivity index (χ4n) is 2.54. The van der Waals surface area contributed by atoms with Gasteiger partial charge in [-0.1, -0.05) is 0 Å². The Balaban J connectivity index is 1.42. The second kappa shape index (κ2) is 8.48. The van der Waals surface area contributed by atoms with Gasteiger partial charge >= 0.3 is 0 Å². The number of carbonyl (C=O) groups is 1. The summed E-state index contributed by atoms with van der Waals surface area (Å²) in [6.07, 6.45) is 2.31. The number of aromatic amines is 1. The molecule has 8 heteroatoms. The maximum absolute atomic E-state index is 11.9. The fraction of sp³-hybridized carbons (Fsp3) is 0.471. The Hall–Kier alpha value is -2.61. The van der Waals surface area contributed by atoms with Crippen LogP contribution in [0.5, 0.6) is 11.5 Å². The van der Waals surface area contributed by atoms with Gasteiger partial charge in [0.05, 0.1) is 19.6 Å². The highest BCUT2D eigenvalue weighted by Gasteiger charge is 2.17. The number of carbonyl (C=O) groups excluding carboxylic acids is 1. The van der Waals surface area contributed by atoms with Gasteiger partial charge in [-0.3, -0.25) is 9.89 Å². The standard InChI is InChI=1S/C17H22N4O4/c1-23-12-4-6-13(7-5-12)25-11-16-19-15(20-21-16)9-17(22)18-10-14-3-2-8-24-14/h4-7,14H,2-3,8-11H2,1H3,(H,18,22)(H,19,20,21). The largest absolute Gasteiger partial charge is 0.497 e. The molecule has 2 heterocycles. The lowest BCUT2D eigenvalue weighted by atomic mass is 10.2. The van der Waals surface area contributed by atoms with Crippen molar-refractivity contribution in [3.8, 4) is 11.5 Å². The lowest BCUT2D eigenvalue weighted by Crippen LogP contribution is -2.33. The van der Waals surface area contributed by atoms with E-state index in [2.05, 4.69) is 20.5 Å². The van der Waals surface area contributed by atoms with Crippen molar-refractivity contribution in [1.82, 2.24) is 20.5 Å². The van der Waals surface area contributed by atoms with E-state index in [1.165, 1.54) is 0 Å². The highest BCUT2D eigenvalue weighted by molar-refractivity contribution is 5.77. The van der Waals surface area contributed by atoms with Crippen molar-refractivity contribution >= 4 is 5.91 Å². The van der Waals surface area contributed by atoms with E-state index in [0.29, 0.717) is 23.9 Å². The van der Waals surface area contributed by atoms with E-state index >= 15 is 0 Å². The zero-order valence-corrected chi connectivity index (χ0v) is 14.2. The second-order valence-electron chi connectivity index (χ2n) is 5.78. The summed E-state index contributed by atoms with van der Waals surface area (Å²) in [5, 5.41) is 9.68. The first-order valence-corrected chi connectivity index (χ1v) is 8.28. The monoisotopic (exact) mass is 346 g/mol. The molecule has 1 saturated heterocycles. The van der Waals surface area contributed by atoms with Crippen LogP contribution in [0.3, 0.4) is 0 Å². The predicted octanol–water partition coefficient (Wildman–Crippen LogP) is 1.23. The number of hydrogen-bond acceptors (Lipinski definition) is 6. The summed E-state index contributed by atoms with van der Waals surface area (Å²) in [7, 11) is 1.61. The van der Waals surface area contributed by atoms with Gasteiger partial charge in [0.15, 0.2) is 11.6 Å². The molecule has 1 aromatic heterocycles. The lowest BCUT2D eigenvalue weighted by Gasteiger charge is -2.09. The van der Waals surface area contributed by atoms with Crippen molar-refractivity contribution in [3.63, 3.8) is 0 Å². The number of ether oxygens (including phenoxy) is 3. The molecule has 3 rings (SSSR count). The van der Waals surface area contributed by atoms with Gasteiger partial charge in [-0.2, -0.15) is 5.10 Å². The first-order chi connectivity index (χ1) is 12.2. The average Bonchev–Trinajstić information content (AvgIpc) is 3.30. The molecule has 25 heavy (non-hydrogen) atoms. The Morgan fingerprint density at radius 1 is 1.36 bits per heavy atom. The van der Waals surface area contributed by atoms with E-state index in [9.17, 15) is 4.79 Å². The van der Waals surface area contributed by atoms with E-state index in [0.717, 1.165) is 25.2 Å². The second-order valence-corrected chi connectivity index (χ2v) is 5.78. The van der Waals surface area contributed by atoms with E-state index < -0.39 is 0 Å². The minimum atomic E-state index is -0.114. The molecule has 8 nitrogen and oxygen atoms in total.